The Labute approximate surface area is 132 Å². The molecule has 2 N–H and O–H groups in total. The van der Waals surface area contributed by atoms with Crippen molar-refractivity contribution in [2.24, 2.45) is 0 Å². The zero-order valence-electron chi connectivity index (χ0n) is 12.3. The third kappa shape index (κ3) is 2.96. The molecule has 6 nitrogen and oxygen atoms in total. The van der Waals surface area contributed by atoms with Crippen LogP contribution in [0.5, 0.6) is 0 Å². The Hall–Kier alpha value is -2.34. The second-order valence-electron chi connectivity index (χ2n) is 5.34. The molecular weight excluding hydrogens is 302 g/mol. The van der Waals surface area contributed by atoms with E-state index in [-0.39, 0.29) is 5.15 Å². The number of nitrogens with one attached hydrogen (secondary N) is 2. The summed E-state index contributed by atoms with van der Waals surface area (Å²) in [6.45, 7) is 4.79. The van der Waals surface area contributed by atoms with Gasteiger partial charge in [0.2, 0.25) is 0 Å². The van der Waals surface area contributed by atoms with Crippen LogP contribution in [0.4, 0.5) is 5.82 Å². The van der Waals surface area contributed by atoms with Crippen molar-refractivity contribution < 1.29 is 0 Å². The lowest BCUT2D eigenvalue weighted by Crippen LogP contribution is -2.13. The summed E-state index contributed by atoms with van der Waals surface area (Å²) in [5.74, 6) is 0.450. The highest BCUT2D eigenvalue weighted by Gasteiger charge is 2.07. The minimum absolute atomic E-state index is 0.260. The van der Waals surface area contributed by atoms with E-state index >= 15 is 0 Å². The third-order valence-corrected chi connectivity index (χ3v) is 3.58. The van der Waals surface area contributed by atoms with Gasteiger partial charge >= 0.3 is 5.69 Å². The molecular formula is C15H16ClN5O. The first-order valence-corrected chi connectivity index (χ1v) is 7.37. The first kappa shape index (κ1) is 14.6. The van der Waals surface area contributed by atoms with Crippen LogP contribution >= 0.6 is 11.6 Å². The van der Waals surface area contributed by atoms with Crippen LogP contribution in [0.15, 0.2) is 35.4 Å². The molecule has 2 heterocycles. The van der Waals surface area contributed by atoms with Crippen molar-refractivity contribution in [2.45, 2.75) is 26.4 Å². The lowest BCUT2D eigenvalue weighted by Gasteiger charge is -2.09. The molecule has 0 aliphatic heterocycles. The zero-order valence-corrected chi connectivity index (χ0v) is 13.1. The predicted octanol–water partition coefficient (Wildman–Crippen LogP) is 2.97. The van der Waals surface area contributed by atoms with Crippen molar-refractivity contribution in [1.82, 2.24) is 19.5 Å². The van der Waals surface area contributed by atoms with Crippen molar-refractivity contribution in [3.63, 3.8) is 0 Å². The summed E-state index contributed by atoms with van der Waals surface area (Å²) in [5.41, 5.74) is 2.66. The smallest absolute Gasteiger partial charge is 0.347 e. The summed E-state index contributed by atoms with van der Waals surface area (Å²) in [5, 5.41) is 3.36. The number of aromatic nitrogens is 4. The Morgan fingerprint density at radius 1 is 1.36 bits per heavy atom. The fourth-order valence-electron chi connectivity index (χ4n) is 2.30. The Bertz CT molecular complexity index is 868. The molecule has 0 radical (unpaired) electrons. The third-order valence-electron chi connectivity index (χ3n) is 3.38. The van der Waals surface area contributed by atoms with Gasteiger partial charge < -0.3 is 9.88 Å². The maximum Gasteiger partial charge on any atom is 0.347 e. The van der Waals surface area contributed by atoms with Crippen molar-refractivity contribution in [3.05, 3.63) is 51.8 Å². The lowest BCUT2D eigenvalue weighted by molar-refractivity contribution is 0.617. The second kappa shape index (κ2) is 5.81. The van der Waals surface area contributed by atoms with Gasteiger partial charge in [0.1, 0.15) is 11.0 Å². The standard InChI is InChI=1S/C15H16ClN5O/c1-9(2)21-8-18-11-4-3-10(5-12(11)21)7-17-14-6-13(16)19-15(22)20-14/h3-6,8-9H,7H2,1-2H3,(H2,17,19,20,22). The average molecular weight is 318 g/mol. The first-order chi connectivity index (χ1) is 10.5. The molecule has 1 aromatic carbocycles. The number of H-pyrrole nitrogens is 1. The fourth-order valence-corrected chi connectivity index (χ4v) is 2.49. The molecule has 3 rings (SSSR count). The van der Waals surface area contributed by atoms with Crippen molar-refractivity contribution in [2.75, 3.05) is 5.32 Å². The lowest BCUT2D eigenvalue weighted by atomic mass is 10.2. The monoisotopic (exact) mass is 317 g/mol. The Morgan fingerprint density at radius 3 is 2.91 bits per heavy atom. The normalized spacial score (nSPS) is 11.3. The molecule has 0 bridgehead atoms. The summed E-state index contributed by atoms with van der Waals surface area (Å²) in [7, 11) is 0. The highest BCUT2D eigenvalue weighted by Crippen LogP contribution is 2.19. The van der Waals surface area contributed by atoms with E-state index in [0.717, 1.165) is 16.6 Å². The van der Waals surface area contributed by atoms with Gasteiger partial charge in [-0.05, 0) is 31.5 Å². The minimum atomic E-state index is -0.469. The first-order valence-electron chi connectivity index (χ1n) is 6.99. The number of halogens is 1. The predicted molar refractivity (Wildman–Crippen MR) is 87.3 cm³/mol. The molecule has 0 saturated heterocycles. The SMILES string of the molecule is CC(C)n1cnc2ccc(CNc3cc(Cl)[nH]c(=O)n3)cc21. The van der Waals surface area contributed by atoms with Crippen molar-refractivity contribution in [1.29, 1.82) is 0 Å². The van der Waals surface area contributed by atoms with Crippen LogP contribution < -0.4 is 11.0 Å². The number of anilines is 1. The second-order valence-corrected chi connectivity index (χ2v) is 5.75. The maximum absolute atomic E-state index is 11.3. The summed E-state index contributed by atoms with van der Waals surface area (Å²) < 4.78 is 2.13. The fraction of sp³-hybridized carbons (Fsp3) is 0.267. The van der Waals surface area contributed by atoms with E-state index in [4.69, 9.17) is 11.6 Å². The van der Waals surface area contributed by atoms with Gasteiger partial charge in [0.15, 0.2) is 0 Å². The Kier molecular flexibility index (Phi) is 3.85. The topological polar surface area (TPSA) is 75.6 Å². The largest absolute Gasteiger partial charge is 0.366 e. The quantitative estimate of drug-likeness (QED) is 0.725. The summed E-state index contributed by atoms with van der Waals surface area (Å²) in [4.78, 5) is 21.9. The summed E-state index contributed by atoms with van der Waals surface area (Å²) in [6.07, 6.45) is 1.85. The van der Waals surface area contributed by atoms with Gasteiger partial charge in [-0.25, -0.2) is 9.78 Å². The molecule has 0 spiro atoms. The van der Waals surface area contributed by atoms with Crippen LogP contribution in [0.2, 0.25) is 5.15 Å². The van der Waals surface area contributed by atoms with Crippen LogP contribution in [0, 0.1) is 0 Å². The number of imidazole rings is 1. The van der Waals surface area contributed by atoms with E-state index in [0.29, 0.717) is 18.4 Å². The van der Waals surface area contributed by atoms with E-state index in [9.17, 15) is 4.79 Å². The van der Waals surface area contributed by atoms with Crippen LogP contribution in [0.3, 0.4) is 0 Å². The number of benzene rings is 1. The van der Waals surface area contributed by atoms with E-state index in [1.54, 1.807) is 6.07 Å². The van der Waals surface area contributed by atoms with Crippen LogP contribution in [-0.4, -0.2) is 19.5 Å². The van der Waals surface area contributed by atoms with Gasteiger partial charge in [-0.1, -0.05) is 17.7 Å². The molecule has 0 aliphatic rings. The van der Waals surface area contributed by atoms with Gasteiger partial charge in [-0.15, -0.1) is 0 Å². The van der Waals surface area contributed by atoms with Gasteiger partial charge in [0.05, 0.1) is 17.4 Å². The van der Waals surface area contributed by atoms with Gasteiger partial charge in [-0.2, -0.15) is 4.98 Å². The van der Waals surface area contributed by atoms with E-state index in [1.807, 2.05) is 18.5 Å². The molecule has 2 aromatic heterocycles. The molecule has 0 aliphatic carbocycles. The van der Waals surface area contributed by atoms with Gasteiger partial charge in [-0.3, -0.25) is 4.98 Å². The van der Waals surface area contributed by atoms with Crippen molar-refractivity contribution in [3.8, 4) is 0 Å². The number of hydrogen-bond donors (Lipinski definition) is 2. The number of nitrogens with zero attached hydrogens (tertiary/aromatic N) is 3. The molecule has 0 saturated carbocycles. The minimum Gasteiger partial charge on any atom is -0.366 e. The maximum atomic E-state index is 11.3. The number of aromatic amines is 1. The molecule has 0 atom stereocenters. The van der Waals surface area contributed by atoms with Gasteiger partial charge in [0.25, 0.3) is 0 Å². The van der Waals surface area contributed by atoms with Crippen molar-refractivity contribution >= 4 is 28.5 Å². The van der Waals surface area contributed by atoms with E-state index in [1.165, 1.54) is 0 Å². The zero-order chi connectivity index (χ0) is 15.7. The highest BCUT2D eigenvalue weighted by atomic mass is 35.5. The summed E-state index contributed by atoms with van der Waals surface area (Å²) >= 11 is 5.80. The van der Waals surface area contributed by atoms with Crippen LogP contribution in [0.1, 0.15) is 25.5 Å². The highest BCUT2D eigenvalue weighted by molar-refractivity contribution is 6.29. The average Bonchev–Trinajstić information content (AvgIpc) is 2.87. The molecule has 0 unspecified atom stereocenters. The summed E-state index contributed by atoms with van der Waals surface area (Å²) in [6, 6.07) is 8.01. The van der Waals surface area contributed by atoms with Gasteiger partial charge in [0, 0.05) is 18.7 Å². The molecule has 114 valence electrons. The van der Waals surface area contributed by atoms with E-state index < -0.39 is 5.69 Å². The van der Waals surface area contributed by atoms with Crippen LogP contribution in [-0.2, 0) is 6.54 Å². The molecule has 22 heavy (non-hydrogen) atoms. The number of fused-ring (bicyclic) bond motifs is 1. The number of rotatable bonds is 4. The molecule has 7 heteroatoms. The van der Waals surface area contributed by atoms with Crippen LogP contribution in [0.25, 0.3) is 11.0 Å². The molecule has 0 amide bonds. The van der Waals surface area contributed by atoms with E-state index in [2.05, 4.69) is 44.7 Å². The number of hydrogen-bond acceptors (Lipinski definition) is 4. The molecule has 3 aromatic rings. The Morgan fingerprint density at radius 2 is 2.18 bits per heavy atom. The Balaban J connectivity index is 1.84. The molecule has 0 fully saturated rings.